The molecule has 154 valence electrons. The molecule has 0 unspecified atom stereocenters. The lowest BCUT2D eigenvalue weighted by molar-refractivity contribution is 0.209. The zero-order valence-electron chi connectivity index (χ0n) is 17.2. The first-order chi connectivity index (χ1) is 14.5. The van der Waals surface area contributed by atoms with Crippen LogP contribution in [0.2, 0.25) is 0 Å². The largest absolute Gasteiger partial charge is 0.493 e. The summed E-state index contributed by atoms with van der Waals surface area (Å²) in [5.74, 6) is 0.342. The molecule has 0 saturated heterocycles. The molecular weight excluding hydrogens is 399 g/mol. The second-order valence-corrected chi connectivity index (χ2v) is 8.68. The number of hydrogen-bond acceptors (Lipinski definition) is 6. The fraction of sp³-hybridized carbons (Fsp3) is 0.304. The summed E-state index contributed by atoms with van der Waals surface area (Å²) >= 11 is 0. The van der Waals surface area contributed by atoms with E-state index in [0.717, 1.165) is 16.2 Å². The zero-order chi connectivity index (χ0) is 21.8. The molecule has 0 aliphatic carbocycles. The van der Waals surface area contributed by atoms with Gasteiger partial charge in [0.05, 0.1) is 19.8 Å². The minimum Gasteiger partial charge on any atom is -0.493 e. The van der Waals surface area contributed by atoms with Gasteiger partial charge in [0.15, 0.2) is 0 Å². The summed E-state index contributed by atoms with van der Waals surface area (Å²) in [4.78, 5) is 0. The van der Waals surface area contributed by atoms with Crippen LogP contribution in [0.3, 0.4) is 0 Å². The molecule has 30 heavy (non-hydrogen) atoms. The van der Waals surface area contributed by atoms with Crippen molar-refractivity contribution in [3.05, 3.63) is 54.1 Å². The molecule has 0 aliphatic rings. The summed E-state index contributed by atoms with van der Waals surface area (Å²) < 4.78 is 30.9. The van der Waals surface area contributed by atoms with Gasteiger partial charge < -0.3 is 13.8 Å². The van der Waals surface area contributed by atoms with E-state index >= 15 is 0 Å². The van der Waals surface area contributed by atoms with Crippen molar-refractivity contribution in [2.24, 2.45) is 0 Å². The number of ether oxygens (including phenoxy) is 1. The van der Waals surface area contributed by atoms with Gasteiger partial charge in [0, 0.05) is 10.9 Å². The summed E-state index contributed by atoms with van der Waals surface area (Å²) in [5.41, 5.74) is 0.217. The quantitative estimate of drug-likeness (QED) is 0.331. The number of nitrogens with zero attached hydrogens (tertiary/aromatic N) is 2. The number of fused-ring (bicyclic) bond motifs is 3. The predicted octanol–water partition coefficient (Wildman–Crippen LogP) is 5.90. The molecule has 0 radical (unpaired) electrons. The monoisotopic (exact) mass is 422 g/mol. The summed E-state index contributed by atoms with van der Waals surface area (Å²) in [6.45, 7) is 5.46. The highest BCUT2D eigenvalue weighted by molar-refractivity contribution is 7.56. The summed E-state index contributed by atoms with van der Waals surface area (Å²) in [6.07, 6.45) is 0. The standard InChI is InChI=1S/C23H23N2O4P/c1-4-27-22-20-14-10-8-12-18(20)17-11-7-9-13-19(17)21(22)23(15-24,16-25)30(26,28-5-2)29-6-3/h7-14H,4-6H2,1-3H3. The van der Waals surface area contributed by atoms with Gasteiger partial charge in [-0.05, 0) is 36.9 Å². The van der Waals surface area contributed by atoms with E-state index in [9.17, 15) is 15.1 Å². The molecule has 0 aromatic heterocycles. The maximum Gasteiger partial charge on any atom is 0.369 e. The van der Waals surface area contributed by atoms with Crippen molar-refractivity contribution < 1.29 is 18.3 Å². The van der Waals surface area contributed by atoms with Crippen LogP contribution in [0.5, 0.6) is 5.75 Å². The topological polar surface area (TPSA) is 92.3 Å². The Morgan fingerprint density at radius 2 is 1.27 bits per heavy atom. The first kappa shape index (κ1) is 21.8. The Labute approximate surface area is 176 Å². The van der Waals surface area contributed by atoms with Crippen LogP contribution < -0.4 is 4.74 Å². The molecule has 0 saturated carbocycles. The fourth-order valence-corrected chi connectivity index (χ4v) is 5.61. The van der Waals surface area contributed by atoms with Crippen LogP contribution in [-0.2, 0) is 18.8 Å². The van der Waals surface area contributed by atoms with Gasteiger partial charge in [-0.3, -0.25) is 4.57 Å². The smallest absolute Gasteiger partial charge is 0.369 e. The van der Waals surface area contributed by atoms with Crippen LogP contribution >= 0.6 is 7.60 Å². The van der Waals surface area contributed by atoms with Gasteiger partial charge in [0.2, 0.25) is 0 Å². The lowest BCUT2D eigenvalue weighted by Crippen LogP contribution is -2.27. The molecule has 7 heteroatoms. The second kappa shape index (κ2) is 8.86. The molecule has 0 aliphatic heterocycles. The average Bonchev–Trinajstić information content (AvgIpc) is 2.77. The van der Waals surface area contributed by atoms with Crippen LogP contribution in [0.1, 0.15) is 26.3 Å². The van der Waals surface area contributed by atoms with Crippen molar-refractivity contribution in [1.82, 2.24) is 0 Å². The van der Waals surface area contributed by atoms with E-state index in [1.165, 1.54) is 0 Å². The Morgan fingerprint density at radius 1 is 0.800 bits per heavy atom. The van der Waals surface area contributed by atoms with Gasteiger partial charge in [0.25, 0.3) is 5.16 Å². The van der Waals surface area contributed by atoms with Gasteiger partial charge in [-0.2, -0.15) is 10.5 Å². The first-order valence-corrected chi connectivity index (χ1v) is 11.4. The van der Waals surface area contributed by atoms with Crippen molar-refractivity contribution >= 4 is 29.1 Å². The molecule has 6 nitrogen and oxygen atoms in total. The molecule has 0 bridgehead atoms. The van der Waals surface area contributed by atoms with E-state index in [1.807, 2.05) is 61.5 Å². The van der Waals surface area contributed by atoms with Crippen molar-refractivity contribution in [1.29, 1.82) is 10.5 Å². The van der Waals surface area contributed by atoms with Gasteiger partial charge in [-0.25, -0.2) is 0 Å². The molecule has 0 N–H and O–H groups in total. The van der Waals surface area contributed by atoms with Crippen LogP contribution in [0.25, 0.3) is 21.5 Å². The molecule has 3 aromatic carbocycles. The molecule has 3 rings (SSSR count). The number of rotatable bonds is 8. The van der Waals surface area contributed by atoms with Gasteiger partial charge in [-0.1, -0.05) is 48.5 Å². The minimum atomic E-state index is -4.22. The molecule has 0 fully saturated rings. The maximum atomic E-state index is 13.9. The first-order valence-electron chi connectivity index (χ1n) is 9.81. The number of nitriles is 2. The van der Waals surface area contributed by atoms with E-state index in [2.05, 4.69) is 0 Å². The summed E-state index contributed by atoms with van der Waals surface area (Å²) in [7, 11) is -4.22. The van der Waals surface area contributed by atoms with E-state index < -0.39 is 12.8 Å². The summed E-state index contributed by atoms with van der Waals surface area (Å²) in [6, 6.07) is 19.0. The lowest BCUT2D eigenvalue weighted by Gasteiger charge is -2.31. The predicted molar refractivity (Wildman–Crippen MR) is 116 cm³/mol. The summed E-state index contributed by atoms with van der Waals surface area (Å²) in [5, 5.41) is 21.4. The molecule has 0 heterocycles. The van der Waals surface area contributed by atoms with Crippen molar-refractivity contribution in [3.8, 4) is 17.9 Å². The maximum absolute atomic E-state index is 13.9. The van der Waals surface area contributed by atoms with Gasteiger partial charge in [0.1, 0.15) is 17.9 Å². The Bertz CT molecular complexity index is 1190. The SMILES string of the molecule is CCOc1c(C(C#N)(C#N)P(=O)(OCC)OCC)c2ccccc2c2ccccc12. The Morgan fingerprint density at radius 3 is 1.73 bits per heavy atom. The third-order valence-corrected chi connectivity index (χ3v) is 7.31. The molecule has 0 atom stereocenters. The third kappa shape index (κ3) is 3.24. The van der Waals surface area contributed by atoms with Crippen LogP contribution in [0, 0.1) is 22.7 Å². The second-order valence-electron chi connectivity index (χ2n) is 6.50. The minimum absolute atomic E-state index is 0.0257. The normalized spacial score (nSPS) is 11.9. The number of hydrogen-bond donors (Lipinski definition) is 0. The Hall–Kier alpha value is -2.89. The lowest BCUT2D eigenvalue weighted by atomic mass is 9.89. The highest BCUT2D eigenvalue weighted by Crippen LogP contribution is 2.67. The highest BCUT2D eigenvalue weighted by atomic mass is 31.2. The Balaban J connectivity index is 2.60. The van der Waals surface area contributed by atoms with Crippen LogP contribution in [0.15, 0.2) is 48.5 Å². The molecule has 0 spiro atoms. The Kier molecular flexibility index (Phi) is 6.44. The van der Waals surface area contributed by atoms with Crippen molar-refractivity contribution in [2.45, 2.75) is 25.9 Å². The fourth-order valence-electron chi connectivity index (χ4n) is 3.73. The van der Waals surface area contributed by atoms with Crippen LogP contribution in [-0.4, -0.2) is 19.8 Å². The van der Waals surface area contributed by atoms with Crippen LogP contribution in [0.4, 0.5) is 0 Å². The third-order valence-electron chi connectivity index (χ3n) is 4.87. The van der Waals surface area contributed by atoms with Crippen molar-refractivity contribution in [2.75, 3.05) is 19.8 Å². The average molecular weight is 422 g/mol. The zero-order valence-corrected chi connectivity index (χ0v) is 18.1. The molecule has 3 aromatic rings. The number of benzene rings is 3. The van der Waals surface area contributed by atoms with Crippen molar-refractivity contribution in [3.63, 3.8) is 0 Å². The molecular formula is C23H23N2O4P. The van der Waals surface area contributed by atoms with E-state index in [4.69, 9.17) is 13.8 Å². The van der Waals surface area contributed by atoms with Gasteiger partial charge in [-0.15, -0.1) is 0 Å². The van der Waals surface area contributed by atoms with E-state index in [-0.39, 0.29) is 18.8 Å². The van der Waals surface area contributed by atoms with E-state index in [0.29, 0.717) is 17.7 Å². The molecule has 0 amide bonds. The highest BCUT2D eigenvalue weighted by Gasteiger charge is 2.57. The van der Waals surface area contributed by atoms with E-state index in [1.54, 1.807) is 19.9 Å². The van der Waals surface area contributed by atoms with Gasteiger partial charge >= 0.3 is 7.60 Å².